The van der Waals surface area contributed by atoms with Crippen molar-refractivity contribution in [2.45, 2.75) is 51.4 Å². The average Bonchev–Trinajstić information content (AvgIpc) is 2.87. The second-order valence-electron chi connectivity index (χ2n) is 6.62. The molecule has 0 unspecified atom stereocenters. The Kier molecular flexibility index (Phi) is 5.58. The summed E-state index contributed by atoms with van der Waals surface area (Å²) in [7, 11) is 0. The average molecular weight is 371 g/mol. The fourth-order valence-electron chi connectivity index (χ4n) is 2.42. The van der Waals surface area contributed by atoms with E-state index in [1.54, 1.807) is 12.4 Å². The highest BCUT2D eigenvalue weighted by Gasteiger charge is 2.44. The summed E-state index contributed by atoms with van der Waals surface area (Å²) < 4.78 is 12.2. The summed E-state index contributed by atoms with van der Waals surface area (Å²) in [5.74, 6) is -0.232. The van der Waals surface area contributed by atoms with Gasteiger partial charge in [0, 0.05) is 16.9 Å². The van der Waals surface area contributed by atoms with Crippen molar-refractivity contribution in [2.75, 3.05) is 13.2 Å². The molecule has 0 spiro atoms. The van der Waals surface area contributed by atoms with Gasteiger partial charge in [-0.3, -0.25) is 10.3 Å². The lowest BCUT2D eigenvalue weighted by atomic mass is 9.98. The first kappa shape index (κ1) is 17.4. The van der Waals surface area contributed by atoms with E-state index in [0.717, 1.165) is 29.4 Å². The Morgan fingerprint density at radius 3 is 2.82 bits per heavy atom. The molecule has 1 N–H and O–H groups in total. The van der Waals surface area contributed by atoms with Crippen LogP contribution in [0.15, 0.2) is 22.9 Å². The quantitative estimate of drug-likeness (QED) is 0.807. The van der Waals surface area contributed by atoms with Gasteiger partial charge >= 0.3 is 5.97 Å². The zero-order valence-corrected chi connectivity index (χ0v) is 14.9. The Morgan fingerprint density at radius 2 is 2.23 bits per heavy atom. The number of nitrogens with zero attached hydrogens (tertiary/aromatic N) is 1. The van der Waals surface area contributed by atoms with Gasteiger partial charge in [0.1, 0.15) is 11.1 Å². The van der Waals surface area contributed by atoms with Crippen LogP contribution in [0.25, 0.3) is 0 Å². The smallest absolute Gasteiger partial charge is 0.329 e. The van der Waals surface area contributed by atoms with Crippen LogP contribution in [0.2, 0.25) is 0 Å². The Labute approximate surface area is 139 Å². The summed E-state index contributed by atoms with van der Waals surface area (Å²) >= 11 is 3.38. The number of ether oxygens (including phenoxy) is 2. The highest BCUT2D eigenvalue weighted by molar-refractivity contribution is 9.10. The molecule has 1 atom stereocenters. The number of esters is 1. The number of hydrogen-bond acceptors (Lipinski definition) is 5. The van der Waals surface area contributed by atoms with E-state index in [1.165, 1.54) is 0 Å². The van der Waals surface area contributed by atoms with Gasteiger partial charge in [-0.25, -0.2) is 4.79 Å². The fraction of sp³-hybridized carbons (Fsp3) is 0.625. The van der Waals surface area contributed by atoms with E-state index in [4.69, 9.17) is 9.47 Å². The third-order valence-electron chi connectivity index (χ3n) is 3.41. The van der Waals surface area contributed by atoms with E-state index in [1.807, 2.05) is 26.8 Å². The molecule has 0 bridgehead atoms. The van der Waals surface area contributed by atoms with Crippen LogP contribution in [-0.2, 0) is 20.9 Å². The normalized spacial score (nSPS) is 21.8. The van der Waals surface area contributed by atoms with Gasteiger partial charge in [0.05, 0.1) is 13.2 Å². The Morgan fingerprint density at radius 1 is 1.45 bits per heavy atom. The second-order valence-corrected chi connectivity index (χ2v) is 7.53. The number of carbonyl (C=O) groups excluding carboxylic acids is 1. The van der Waals surface area contributed by atoms with Gasteiger partial charge in [-0.1, -0.05) is 0 Å². The number of rotatable bonds is 5. The molecule has 5 nitrogen and oxygen atoms in total. The van der Waals surface area contributed by atoms with Crippen molar-refractivity contribution in [3.8, 4) is 0 Å². The van der Waals surface area contributed by atoms with E-state index < -0.39 is 11.1 Å². The zero-order chi connectivity index (χ0) is 16.2. The summed E-state index contributed by atoms with van der Waals surface area (Å²) in [6.07, 6.45) is 5.16. The lowest BCUT2D eigenvalue weighted by Gasteiger charge is -2.31. The van der Waals surface area contributed by atoms with Gasteiger partial charge in [0.15, 0.2) is 0 Å². The molecule has 122 valence electrons. The molecule has 1 aliphatic rings. The molecule has 0 saturated carbocycles. The van der Waals surface area contributed by atoms with Crippen LogP contribution in [0, 0.1) is 0 Å². The Bertz CT molecular complexity index is 522. The number of halogens is 1. The Balaban J connectivity index is 1.95. The number of nitrogens with one attached hydrogen (secondary N) is 1. The molecular formula is C16H23BrN2O3. The maximum absolute atomic E-state index is 12.5. The predicted octanol–water partition coefficient (Wildman–Crippen LogP) is 2.82. The van der Waals surface area contributed by atoms with Crippen molar-refractivity contribution >= 4 is 21.9 Å². The molecule has 1 aliphatic heterocycles. The molecule has 1 aromatic heterocycles. The summed E-state index contributed by atoms with van der Waals surface area (Å²) in [5, 5.41) is 3.27. The van der Waals surface area contributed by atoms with Crippen LogP contribution in [0.4, 0.5) is 0 Å². The maximum Gasteiger partial charge on any atom is 0.329 e. The largest absolute Gasteiger partial charge is 0.459 e. The van der Waals surface area contributed by atoms with Gasteiger partial charge in [-0.05, 0) is 67.7 Å². The summed E-state index contributed by atoms with van der Waals surface area (Å²) in [5.41, 5.74) is -0.262. The zero-order valence-electron chi connectivity index (χ0n) is 13.3. The molecule has 0 aromatic carbocycles. The maximum atomic E-state index is 12.5. The summed E-state index contributed by atoms with van der Waals surface area (Å²) in [6.45, 7) is 7.15. The van der Waals surface area contributed by atoms with Crippen LogP contribution in [-0.4, -0.2) is 35.2 Å². The second kappa shape index (κ2) is 7.06. The molecule has 2 rings (SSSR count). The first-order valence-corrected chi connectivity index (χ1v) is 8.26. The van der Waals surface area contributed by atoms with Crippen LogP contribution < -0.4 is 5.32 Å². The first-order chi connectivity index (χ1) is 10.3. The van der Waals surface area contributed by atoms with Crippen LogP contribution in [0.5, 0.6) is 0 Å². The van der Waals surface area contributed by atoms with Crippen LogP contribution in [0.3, 0.4) is 0 Å². The number of pyridine rings is 1. The van der Waals surface area contributed by atoms with Crippen molar-refractivity contribution in [1.29, 1.82) is 0 Å². The third-order valence-corrected chi connectivity index (χ3v) is 3.85. The summed E-state index contributed by atoms with van der Waals surface area (Å²) in [4.78, 5) is 16.6. The molecule has 1 aromatic rings. The monoisotopic (exact) mass is 370 g/mol. The highest BCUT2D eigenvalue weighted by atomic mass is 79.9. The molecule has 0 amide bonds. The first-order valence-electron chi connectivity index (χ1n) is 7.46. The lowest BCUT2D eigenvalue weighted by Crippen LogP contribution is -2.54. The SMILES string of the molecule is CC(C)(C)OC(=O)[C@@]1(COCc2cncc(Br)c2)CCCN1. The van der Waals surface area contributed by atoms with E-state index in [9.17, 15) is 4.79 Å². The fourth-order valence-corrected chi connectivity index (χ4v) is 2.83. The Hall–Kier alpha value is -0.980. The number of aromatic nitrogens is 1. The van der Waals surface area contributed by atoms with Crippen molar-refractivity contribution in [3.63, 3.8) is 0 Å². The van der Waals surface area contributed by atoms with Gasteiger partial charge in [0.25, 0.3) is 0 Å². The molecule has 2 heterocycles. The standard InChI is InChI=1S/C16H23BrN2O3/c1-15(2,3)22-14(20)16(5-4-6-19-16)11-21-10-12-7-13(17)9-18-8-12/h7-9,19H,4-6,10-11H2,1-3H3/t16-/m0/s1. The minimum absolute atomic E-state index is 0.232. The minimum atomic E-state index is -0.729. The number of hydrogen-bond donors (Lipinski definition) is 1. The molecule has 0 radical (unpaired) electrons. The van der Waals surface area contributed by atoms with Gasteiger partial charge < -0.3 is 9.47 Å². The number of carbonyl (C=O) groups is 1. The van der Waals surface area contributed by atoms with Crippen molar-refractivity contribution in [2.24, 2.45) is 0 Å². The molecular weight excluding hydrogens is 348 g/mol. The molecule has 22 heavy (non-hydrogen) atoms. The van der Waals surface area contributed by atoms with Crippen LogP contribution >= 0.6 is 15.9 Å². The summed E-state index contributed by atoms with van der Waals surface area (Å²) in [6, 6.07) is 1.95. The van der Waals surface area contributed by atoms with E-state index in [2.05, 4.69) is 26.2 Å². The predicted molar refractivity (Wildman–Crippen MR) is 87.4 cm³/mol. The van der Waals surface area contributed by atoms with Gasteiger partial charge in [0.2, 0.25) is 0 Å². The molecule has 0 aliphatic carbocycles. The van der Waals surface area contributed by atoms with Crippen LogP contribution in [0.1, 0.15) is 39.2 Å². The van der Waals surface area contributed by atoms with E-state index >= 15 is 0 Å². The van der Waals surface area contributed by atoms with E-state index in [0.29, 0.717) is 13.2 Å². The van der Waals surface area contributed by atoms with Gasteiger partial charge in [-0.2, -0.15) is 0 Å². The minimum Gasteiger partial charge on any atom is -0.459 e. The van der Waals surface area contributed by atoms with Gasteiger partial charge in [-0.15, -0.1) is 0 Å². The van der Waals surface area contributed by atoms with Crippen molar-refractivity contribution in [1.82, 2.24) is 10.3 Å². The van der Waals surface area contributed by atoms with E-state index in [-0.39, 0.29) is 5.97 Å². The molecule has 1 saturated heterocycles. The van der Waals surface area contributed by atoms with Crippen molar-refractivity contribution < 1.29 is 14.3 Å². The topological polar surface area (TPSA) is 60.5 Å². The molecule has 1 fully saturated rings. The lowest BCUT2D eigenvalue weighted by molar-refractivity contribution is -0.165. The highest BCUT2D eigenvalue weighted by Crippen LogP contribution is 2.25. The molecule has 6 heteroatoms. The van der Waals surface area contributed by atoms with Crippen molar-refractivity contribution in [3.05, 3.63) is 28.5 Å². The third kappa shape index (κ3) is 4.76.